The molecule has 2 aliphatic rings. The van der Waals surface area contributed by atoms with Gasteiger partial charge in [0.15, 0.2) is 0 Å². The summed E-state index contributed by atoms with van der Waals surface area (Å²) in [6, 6.07) is 9.53. The number of carbonyl (C=O) groups excluding carboxylic acids is 1. The number of carbonyl (C=O) groups is 1. The molecule has 1 amide bonds. The van der Waals surface area contributed by atoms with E-state index in [4.69, 9.17) is 21.8 Å². The molecule has 0 bridgehead atoms. The lowest BCUT2D eigenvalue weighted by molar-refractivity contribution is 0.0755. The molecule has 3 heterocycles. The fraction of sp³-hybridized carbons (Fsp3) is 0.409. The number of amides is 1. The van der Waals surface area contributed by atoms with E-state index < -0.39 is 0 Å². The van der Waals surface area contributed by atoms with Gasteiger partial charge in [-0.3, -0.25) is 10.2 Å². The van der Waals surface area contributed by atoms with Crippen molar-refractivity contribution < 1.29 is 9.63 Å². The molecule has 1 aromatic heterocycles. The van der Waals surface area contributed by atoms with E-state index in [1.54, 1.807) is 17.0 Å². The summed E-state index contributed by atoms with van der Waals surface area (Å²) in [5, 5.41) is 15.6. The van der Waals surface area contributed by atoms with E-state index in [1.165, 1.54) is 24.2 Å². The third kappa shape index (κ3) is 4.85. The molecule has 31 heavy (non-hydrogen) atoms. The summed E-state index contributed by atoms with van der Waals surface area (Å²) in [7, 11) is 3.76. The fourth-order valence-electron chi connectivity index (χ4n) is 3.83. The molecule has 4 rings (SSSR count). The van der Waals surface area contributed by atoms with E-state index in [1.807, 2.05) is 26.2 Å². The smallest absolute Gasteiger partial charge is 0.261 e. The molecule has 0 spiro atoms. The number of amidine groups is 1. The van der Waals surface area contributed by atoms with E-state index in [2.05, 4.69) is 21.4 Å². The largest absolute Gasteiger partial charge is 0.390 e. The normalized spacial score (nSPS) is 18.0. The van der Waals surface area contributed by atoms with Crippen LogP contribution in [-0.4, -0.2) is 62.2 Å². The maximum atomic E-state index is 12.3. The van der Waals surface area contributed by atoms with Crippen LogP contribution < -0.4 is 10.2 Å². The third-order valence-electron chi connectivity index (χ3n) is 5.50. The van der Waals surface area contributed by atoms with Crippen LogP contribution in [-0.2, 0) is 4.84 Å². The van der Waals surface area contributed by atoms with Gasteiger partial charge in [0.25, 0.3) is 5.91 Å². The number of rotatable bonds is 6. The van der Waals surface area contributed by atoms with Crippen molar-refractivity contribution >= 4 is 46.1 Å². The van der Waals surface area contributed by atoms with Gasteiger partial charge in [-0.15, -0.1) is 11.3 Å². The average Bonchev–Trinajstić information content (AvgIpc) is 3.52. The second-order valence-electron chi connectivity index (χ2n) is 7.95. The maximum absolute atomic E-state index is 12.3. The van der Waals surface area contributed by atoms with Gasteiger partial charge in [-0.1, -0.05) is 28.9 Å². The summed E-state index contributed by atoms with van der Waals surface area (Å²) < 4.78 is 0.591. The van der Waals surface area contributed by atoms with Crippen molar-refractivity contribution in [1.29, 1.82) is 5.41 Å². The van der Waals surface area contributed by atoms with Gasteiger partial charge in [0, 0.05) is 50.4 Å². The zero-order valence-electron chi connectivity index (χ0n) is 17.7. The number of benzene rings is 1. The lowest BCUT2D eigenvalue weighted by atomic mass is 9.99. The van der Waals surface area contributed by atoms with Crippen LogP contribution in [0.3, 0.4) is 0 Å². The van der Waals surface area contributed by atoms with Crippen LogP contribution in [0.1, 0.15) is 40.1 Å². The minimum atomic E-state index is -0.208. The van der Waals surface area contributed by atoms with Gasteiger partial charge >= 0.3 is 0 Å². The molecule has 0 radical (unpaired) electrons. The first-order chi connectivity index (χ1) is 14.9. The number of thiophene rings is 1. The van der Waals surface area contributed by atoms with Crippen molar-refractivity contribution in [2.45, 2.75) is 25.4 Å². The molecule has 1 atom stereocenters. The summed E-state index contributed by atoms with van der Waals surface area (Å²) in [5.41, 5.74) is 3.90. The molecule has 1 saturated heterocycles. The van der Waals surface area contributed by atoms with E-state index in [-0.39, 0.29) is 12.0 Å². The summed E-state index contributed by atoms with van der Waals surface area (Å²) in [6.07, 6.45) is 2.75. The maximum Gasteiger partial charge on any atom is 0.261 e. The Kier molecular flexibility index (Phi) is 6.48. The van der Waals surface area contributed by atoms with Crippen LogP contribution in [0.5, 0.6) is 0 Å². The molecule has 9 heteroatoms. The second kappa shape index (κ2) is 9.28. The fourth-order valence-corrected chi connectivity index (χ4v) is 4.79. The lowest BCUT2D eigenvalue weighted by Crippen LogP contribution is -2.32. The van der Waals surface area contributed by atoms with Gasteiger partial charge in [-0.25, -0.2) is 0 Å². The Balaban J connectivity index is 1.46. The molecule has 0 aliphatic carbocycles. The van der Waals surface area contributed by atoms with Crippen LogP contribution in [0.4, 0.5) is 5.69 Å². The SMILES string of the molecule is CN(C)C(=N)c1ccc(C2=NOC(CNC(=O)c3ccc(Cl)s3)C2)c(N2CCCC2)c1. The number of hydrogen-bond donors (Lipinski definition) is 2. The predicted octanol–water partition coefficient (Wildman–Crippen LogP) is 3.81. The topological polar surface area (TPSA) is 81.0 Å². The van der Waals surface area contributed by atoms with Crippen LogP contribution in [0.2, 0.25) is 4.34 Å². The molecule has 1 fully saturated rings. The first kappa shape index (κ1) is 21.6. The minimum Gasteiger partial charge on any atom is -0.390 e. The van der Waals surface area contributed by atoms with Crippen molar-refractivity contribution in [2.75, 3.05) is 38.6 Å². The lowest BCUT2D eigenvalue weighted by Gasteiger charge is -2.23. The Bertz CT molecular complexity index is 1010. The Morgan fingerprint density at radius 3 is 2.77 bits per heavy atom. The molecule has 1 unspecified atom stereocenters. The molecule has 0 saturated carbocycles. The highest BCUT2D eigenvalue weighted by Gasteiger charge is 2.27. The van der Waals surface area contributed by atoms with Gasteiger partial charge in [0.05, 0.1) is 21.5 Å². The average molecular weight is 460 g/mol. The van der Waals surface area contributed by atoms with E-state index >= 15 is 0 Å². The third-order valence-corrected chi connectivity index (χ3v) is 6.73. The standard InChI is InChI=1S/C22H26ClN5O2S/c1-27(2)21(24)14-5-6-16(18(11-14)28-9-3-4-10-28)17-12-15(30-26-17)13-25-22(29)19-7-8-20(23)31-19/h5-8,11,15,24H,3-4,9-10,12-13H2,1-2H3,(H,25,29). The molecular formula is C22H26ClN5O2S. The van der Waals surface area contributed by atoms with Crippen LogP contribution in [0.15, 0.2) is 35.5 Å². The highest BCUT2D eigenvalue weighted by molar-refractivity contribution is 7.18. The van der Waals surface area contributed by atoms with Crippen molar-refractivity contribution in [3.05, 3.63) is 50.7 Å². The molecular weight excluding hydrogens is 434 g/mol. The second-order valence-corrected chi connectivity index (χ2v) is 9.67. The molecule has 164 valence electrons. The Hall–Kier alpha value is -2.58. The van der Waals surface area contributed by atoms with Crippen LogP contribution >= 0.6 is 22.9 Å². The first-order valence-electron chi connectivity index (χ1n) is 10.3. The predicted molar refractivity (Wildman–Crippen MR) is 126 cm³/mol. The first-order valence-corrected chi connectivity index (χ1v) is 11.5. The Morgan fingerprint density at radius 1 is 1.32 bits per heavy atom. The molecule has 2 N–H and O–H groups in total. The molecule has 1 aromatic carbocycles. The minimum absolute atomic E-state index is 0.154. The van der Waals surface area contributed by atoms with E-state index in [0.29, 0.717) is 28.0 Å². The number of nitrogens with zero attached hydrogens (tertiary/aromatic N) is 3. The summed E-state index contributed by atoms with van der Waals surface area (Å²) in [6.45, 7) is 2.38. The number of hydrogen-bond acceptors (Lipinski definition) is 6. The van der Waals surface area contributed by atoms with Crippen molar-refractivity contribution in [3.8, 4) is 0 Å². The van der Waals surface area contributed by atoms with Crippen LogP contribution in [0, 0.1) is 5.41 Å². The van der Waals surface area contributed by atoms with Crippen molar-refractivity contribution in [1.82, 2.24) is 10.2 Å². The number of halogens is 1. The number of anilines is 1. The van der Waals surface area contributed by atoms with E-state index in [0.717, 1.165) is 35.6 Å². The van der Waals surface area contributed by atoms with E-state index in [9.17, 15) is 4.79 Å². The molecule has 7 nitrogen and oxygen atoms in total. The van der Waals surface area contributed by atoms with Gasteiger partial charge in [0.2, 0.25) is 0 Å². The monoisotopic (exact) mass is 459 g/mol. The summed E-state index contributed by atoms with van der Waals surface area (Å²) in [5.74, 6) is 0.323. The van der Waals surface area contributed by atoms with Gasteiger partial charge in [0.1, 0.15) is 11.9 Å². The summed E-state index contributed by atoms with van der Waals surface area (Å²) >= 11 is 7.17. The van der Waals surface area contributed by atoms with Crippen LogP contribution in [0.25, 0.3) is 0 Å². The zero-order chi connectivity index (χ0) is 22.0. The highest BCUT2D eigenvalue weighted by atomic mass is 35.5. The Morgan fingerprint density at radius 2 is 2.10 bits per heavy atom. The van der Waals surface area contributed by atoms with Gasteiger partial charge in [-0.2, -0.15) is 0 Å². The molecule has 2 aromatic rings. The van der Waals surface area contributed by atoms with Crippen molar-refractivity contribution in [2.24, 2.45) is 5.16 Å². The highest BCUT2D eigenvalue weighted by Crippen LogP contribution is 2.30. The van der Waals surface area contributed by atoms with Gasteiger partial charge < -0.3 is 20.0 Å². The zero-order valence-corrected chi connectivity index (χ0v) is 19.2. The van der Waals surface area contributed by atoms with Gasteiger partial charge in [-0.05, 0) is 31.0 Å². The summed E-state index contributed by atoms with van der Waals surface area (Å²) in [4.78, 5) is 22.6. The number of nitrogens with one attached hydrogen (secondary N) is 2. The Labute approximate surface area is 191 Å². The quantitative estimate of drug-likeness (QED) is 0.508. The number of oxime groups is 1. The molecule has 2 aliphatic heterocycles. The van der Waals surface area contributed by atoms with Crippen molar-refractivity contribution in [3.63, 3.8) is 0 Å².